The Balaban J connectivity index is 0.000000399. The zero-order chi connectivity index (χ0) is 15.3. The molecule has 0 aliphatic carbocycles. The molecule has 2 N–H and O–H groups in total. The Kier molecular flexibility index (Phi) is 6.13. The summed E-state index contributed by atoms with van der Waals surface area (Å²) >= 11 is 0. The van der Waals surface area contributed by atoms with Gasteiger partial charge in [-0.05, 0) is 19.0 Å². The summed E-state index contributed by atoms with van der Waals surface area (Å²) in [5.41, 5.74) is 0. The zero-order valence-electron chi connectivity index (χ0n) is 9.76. The number of carbonyl (C=O) groups excluding carboxylic acids is 1. The zero-order valence-corrected chi connectivity index (χ0v) is 9.76. The maximum absolute atomic E-state index is 12.8. The predicted octanol–water partition coefficient (Wildman–Crippen LogP) is 1.04. The quantitative estimate of drug-likeness (QED) is 0.600. The van der Waals surface area contributed by atoms with Gasteiger partial charge in [0.1, 0.15) is 0 Å². The van der Waals surface area contributed by atoms with Gasteiger partial charge in [0.15, 0.2) is 0 Å². The third-order valence-electron chi connectivity index (χ3n) is 2.14. The summed E-state index contributed by atoms with van der Waals surface area (Å²) in [5.74, 6) is -7.61. The Morgan fingerprint density at radius 3 is 1.89 bits per heavy atom. The van der Waals surface area contributed by atoms with E-state index in [1.54, 1.807) is 0 Å². The number of rotatable bonds is 3. The van der Waals surface area contributed by atoms with Crippen molar-refractivity contribution in [3.8, 4) is 0 Å². The SMILES string of the molecule is COC(=O)C(F)(F)CC1CNC1.O=C(O)C(F)(F)F. The van der Waals surface area contributed by atoms with Gasteiger partial charge in [-0.25, -0.2) is 9.59 Å². The van der Waals surface area contributed by atoms with Crippen LogP contribution in [0.2, 0.25) is 0 Å². The van der Waals surface area contributed by atoms with E-state index in [9.17, 15) is 26.7 Å². The maximum atomic E-state index is 12.8. The average Bonchev–Trinajstić information content (AvgIpc) is 2.22. The van der Waals surface area contributed by atoms with Crippen molar-refractivity contribution in [1.82, 2.24) is 5.32 Å². The van der Waals surface area contributed by atoms with Crippen molar-refractivity contribution in [2.24, 2.45) is 5.92 Å². The summed E-state index contributed by atoms with van der Waals surface area (Å²) in [7, 11) is 0.968. The van der Waals surface area contributed by atoms with Crippen LogP contribution < -0.4 is 5.32 Å². The molecule has 1 rings (SSSR count). The molecule has 0 radical (unpaired) electrons. The van der Waals surface area contributed by atoms with Crippen molar-refractivity contribution in [1.29, 1.82) is 0 Å². The molecule has 0 aromatic carbocycles. The molecule has 0 aromatic rings. The molecule has 0 aromatic heterocycles. The highest BCUT2D eigenvalue weighted by Crippen LogP contribution is 2.26. The van der Waals surface area contributed by atoms with Gasteiger partial charge in [0, 0.05) is 6.42 Å². The van der Waals surface area contributed by atoms with Gasteiger partial charge < -0.3 is 15.2 Å². The molecule has 1 aliphatic rings. The highest BCUT2D eigenvalue weighted by Gasteiger charge is 2.43. The van der Waals surface area contributed by atoms with Gasteiger partial charge in [-0.1, -0.05) is 0 Å². The van der Waals surface area contributed by atoms with E-state index in [1.807, 2.05) is 0 Å². The van der Waals surface area contributed by atoms with E-state index in [0.717, 1.165) is 7.11 Å². The summed E-state index contributed by atoms with van der Waals surface area (Å²) in [6.07, 6.45) is -5.49. The molecule has 0 bridgehead atoms. The van der Waals surface area contributed by atoms with Crippen LogP contribution in [0.1, 0.15) is 6.42 Å². The van der Waals surface area contributed by atoms with Crippen molar-refractivity contribution in [2.45, 2.75) is 18.5 Å². The number of alkyl halides is 5. The number of ether oxygens (including phenoxy) is 1. The van der Waals surface area contributed by atoms with Crippen LogP contribution in [0.3, 0.4) is 0 Å². The number of carboxylic acids is 1. The van der Waals surface area contributed by atoms with Crippen LogP contribution in [0.4, 0.5) is 22.0 Å². The van der Waals surface area contributed by atoms with Crippen LogP contribution >= 0.6 is 0 Å². The standard InChI is InChI=1S/C7H11F2NO2.C2HF3O2/c1-12-6(11)7(8,9)2-5-3-10-4-5;3-2(4,5)1(6)7/h5,10H,2-4H2,1H3;(H,6,7). The fourth-order valence-electron chi connectivity index (χ4n) is 1.09. The number of halogens is 5. The van der Waals surface area contributed by atoms with E-state index in [4.69, 9.17) is 9.90 Å². The largest absolute Gasteiger partial charge is 0.490 e. The summed E-state index contributed by atoms with van der Waals surface area (Å²) in [5, 5.41) is 9.98. The molecule has 1 saturated heterocycles. The van der Waals surface area contributed by atoms with Crippen LogP contribution in [-0.2, 0) is 14.3 Å². The first-order chi connectivity index (χ1) is 8.50. The van der Waals surface area contributed by atoms with E-state index >= 15 is 0 Å². The van der Waals surface area contributed by atoms with Gasteiger partial charge in [-0.2, -0.15) is 22.0 Å². The third kappa shape index (κ3) is 6.32. The number of esters is 1. The van der Waals surface area contributed by atoms with Crippen molar-refractivity contribution in [3.63, 3.8) is 0 Å². The second-order valence-corrected chi connectivity index (χ2v) is 3.73. The van der Waals surface area contributed by atoms with E-state index in [-0.39, 0.29) is 5.92 Å². The number of methoxy groups -OCH3 is 1. The Morgan fingerprint density at radius 2 is 1.68 bits per heavy atom. The smallest absolute Gasteiger partial charge is 0.475 e. The minimum atomic E-state index is -5.08. The summed E-state index contributed by atoms with van der Waals surface area (Å²) in [6, 6.07) is 0. The molecular formula is C9H12F5NO4. The lowest BCUT2D eigenvalue weighted by atomic mass is 9.95. The van der Waals surface area contributed by atoms with Gasteiger partial charge >= 0.3 is 24.0 Å². The molecule has 1 fully saturated rings. The van der Waals surface area contributed by atoms with E-state index in [1.165, 1.54) is 0 Å². The lowest BCUT2D eigenvalue weighted by Crippen LogP contribution is -2.46. The second-order valence-electron chi connectivity index (χ2n) is 3.73. The minimum absolute atomic E-state index is 0.0981. The third-order valence-corrected chi connectivity index (χ3v) is 2.14. The fourth-order valence-corrected chi connectivity index (χ4v) is 1.09. The Labute approximate surface area is 104 Å². The lowest BCUT2D eigenvalue weighted by Gasteiger charge is -2.29. The Morgan fingerprint density at radius 1 is 1.26 bits per heavy atom. The van der Waals surface area contributed by atoms with E-state index < -0.39 is 30.5 Å². The van der Waals surface area contributed by atoms with Crippen LogP contribution in [0.15, 0.2) is 0 Å². The molecule has 0 atom stereocenters. The van der Waals surface area contributed by atoms with Gasteiger partial charge in [0.2, 0.25) is 0 Å². The normalized spacial score (nSPS) is 15.9. The topological polar surface area (TPSA) is 75.6 Å². The lowest BCUT2D eigenvalue weighted by molar-refractivity contribution is -0.192. The van der Waals surface area contributed by atoms with E-state index in [2.05, 4.69) is 10.1 Å². The number of hydrogen-bond donors (Lipinski definition) is 2. The van der Waals surface area contributed by atoms with E-state index in [0.29, 0.717) is 13.1 Å². The maximum Gasteiger partial charge on any atom is 0.490 e. The highest BCUT2D eigenvalue weighted by molar-refractivity contribution is 5.77. The average molecular weight is 293 g/mol. The first kappa shape index (κ1) is 17.6. The summed E-state index contributed by atoms with van der Waals surface area (Å²) in [4.78, 5) is 19.4. The molecule has 5 nitrogen and oxygen atoms in total. The predicted molar refractivity (Wildman–Crippen MR) is 51.6 cm³/mol. The van der Waals surface area contributed by atoms with Crippen molar-refractivity contribution in [2.75, 3.05) is 20.2 Å². The monoisotopic (exact) mass is 293 g/mol. The number of hydrogen-bond acceptors (Lipinski definition) is 4. The number of aliphatic carboxylic acids is 1. The van der Waals surface area contributed by atoms with Crippen LogP contribution in [0, 0.1) is 5.92 Å². The molecule has 0 spiro atoms. The number of carbonyl (C=O) groups is 2. The molecule has 0 unspecified atom stereocenters. The summed E-state index contributed by atoms with van der Waals surface area (Å²) < 4.78 is 61.3. The summed E-state index contributed by atoms with van der Waals surface area (Å²) in [6.45, 7) is 1.12. The van der Waals surface area contributed by atoms with Gasteiger partial charge in [0.25, 0.3) is 0 Å². The van der Waals surface area contributed by atoms with Crippen LogP contribution in [0.25, 0.3) is 0 Å². The van der Waals surface area contributed by atoms with Crippen molar-refractivity contribution in [3.05, 3.63) is 0 Å². The van der Waals surface area contributed by atoms with Crippen molar-refractivity contribution < 1.29 is 41.4 Å². The molecule has 1 heterocycles. The Bertz CT molecular complexity index is 327. The van der Waals surface area contributed by atoms with Crippen LogP contribution in [-0.4, -0.2) is 49.3 Å². The molecule has 10 heteroatoms. The number of nitrogens with one attached hydrogen (secondary N) is 1. The number of carboxylic acid groups (broad SMARTS) is 1. The first-order valence-electron chi connectivity index (χ1n) is 4.97. The molecule has 1 aliphatic heterocycles. The van der Waals surface area contributed by atoms with Gasteiger partial charge in [-0.15, -0.1) is 0 Å². The molecule has 0 saturated carbocycles. The fraction of sp³-hybridized carbons (Fsp3) is 0.778. The molecular weight excluding hydrogens is 281 g/mol. The Hall–Kier alpha value is -1.45. The first-order valence-corrected chi connectivity index (χ1v) is 4.97. The van der Waals surface area contributed by atoms with Gasteiger partial charge in [0.05, 0.1) is 7.11 Å². The molecule has 112 valence electrons. The molecule has 19 heavy (non-hydrogen) atoms. The second kappa shape index (κ2) is 6.64. The van der Waals surface area contributed by atoms with Crippen LogP contribution in [0.5, 0.6) is 0 Å². The highest BCUT2D eigenvalue weighted by atomic mass is 19.4. The van der Waals surface area contributed by atoms with Gasteiger partial charge in [-0.3, -0.25) is 0 Å². The minimum Gasteiger partial charge on any atom is -0.475 e. The van der Waals surface area contributed by atoms with Crippen molar-refractivity contribution >= 4 is 11.9 Å². The molecule has 0 amide bonds.